The smallest absolute Gasteiger partial charge is 0.351 e. The molecule has 9 nitrogen and oxygen atoms in total. The number of benzene rings is 2. The summed E-state index contributed by atoms with van der Waals surface area (Å²) in [5.41, 5.74) is 4.50. The van der Waals surface area contributed by atoms with Crippen LogP contribution in [0.5, 0.6) is 0 Å². The summed E-state index contributed by atoms with van der Waals surface area (Å²) >= 11 is 0. The average molecular weight is 516 g/mol. The second-order valence-electron chi connectivity index (χ2n) is 9.67. The number of carbonyl (C=O) groups is 2. The van der Waals surface area contributed by atoms with E-state index in [1.807, 2.05) is 25.2 Å². The van der Waals surface area contributed by atoms with Crippen molar-refractivity contribution in [1.29, 1.82) is 0 Å². The number of aromatic nitrogens is 3. The van der Waals surface area contributed by atoms with Crippen LogP contribution in [0.4, 0.5) is 4.39 Å². The fourth-order valence-electron chi connectivity index (χ4n) is 5.29. The summed E-state index contributed by atoms with van der Waals surface area (Å²) in [6, 6.07) is 14.8. The number of halogens is 1. The van der Waals surface area contributed by atoms with Gasteiger partial charge in [-0.3, -0.25) is 14.7 Å². The molecule has 6 rings (SSSR count). The Kier molecular flexibility index (Phi) is 6.42. The lowest BCUT2D eigenvalue weighted by molar-refractivity contribution is -0.191. The van der Waals surface area contributed by atoms with E-state index in [1.165, 1.54) is 6.07 Å². The van der Waals surface area contributed by atoms with E-state index in [0.29, 0.717) is 41.8 Å². The largest absolute Gasteiger partial charge is 0.373 e. The van der Waals surface area contributed by atoms with Crippen LogP contribution in [0, 0.1) is 12.7 Å². The number of rotatable bonds is 4. The highest BCUT2D eigenvalue weighted by atomic mass is 19.1. The van der Waals surface area contributed by atoms with Crippen LogP contribution in [0.15, 0.2) is 48.5 Å². The standard InChI is InChI=1S/C27H26FN5O2.CO2/c1-16-18-14-23(29-21(18)9-8-20(16)28)25(34)33-13-10-22-19(15-33)24(31-30-22)26(35)32(2)27(11-12-27)17-6-4-3-5-7-17;2-1-3/h3-9,14,29H,10-13,15H2,1-2H3,(H,30,31);. The summed E-state index contributed by atoms with van der Waals surface area (Å²) in [6.45, 7) is 2.50. The Hall–Kier alpha value is -4.56. The van der Waals surface area contributed by atoms with Gasteiger partial charge in [0, 0.05) is 42.2 Å². The van der Waals surface area contributed by atoms with Gasteiger partial charge >= 0.3 is 6.15 Å². The number of hydrogen-bond acceptors (Lipinski definition) is 5. The predicted molar refractivity (Wildman–Crippen MR) is 134 cm³/mol. The molecular weight excluding hydrogens is 489 g/mol. The fraction of sp³-hybridized carbons (Fsp3) is 0.286. The Labute approximate surface area is 217 Å². The van der Waals surface area contributed by atoms with Crippen molar-refractivity contribution < 1.29 is 23.6 Å². The van der Waals surface area contributed by atoms with E-state index in [-0.39, 0.29) is 29.3 Å². The Morgan fingerprint density at radius 2 is 1.84 bits per heavy atom. The zero-order valence-electron chi connectivity index (χ0n) is 21.0. The third-order valence-corrected chi connectivity index (χ3v) is 7.64. The summed E-state index contributed by atoms with van der Waals surface area (Å²) in [6.07, 6.45) is 2.66. The van der Waals surface area contributed by atoms with Gasteiger partial charge in [-0.25, -0.2) is 4.39 Å². The number of nitrogens with zero attached hydrogens (tertiary/aromatic N) is 3. The number of H-pyrrole nitrogens is 2. The number of nitrogens with one attached hydrogen (secondary N) is 2. The molecule has 1 saturated carbocycles. The van der Waals surface area contributed by atoms with E-state index in [4.69, 9.17) is 9.59 Å². The molecule has 1 aliphatic heterocycles. The molecule has 2 aliphatic rings. The monoisotopic (exact) mass is 515 g/mol. The van der Waals surface area contributed by atoms with Crippen LogP contribution in [-0.2, 0) is 28.1 Å². The van der Waals surface area contributed by atoms with Gasteiger partial charge < -0.3 is 14.8 Å². The topological polar surface area (TPSA) is 119 Å². The number of aryl methyl sites for hydroxylation is 1. The van der Waals surface area contributed by atoms with E-state index in [0.717, 1.165) is 35.2 Å². The van der Waals surface area contributed by atoms with Crippen molar-refractivity contribution >= 4 is 28.9 Å². The molecule has 0 atom stereocenters. The highest BCUT2D eigenvalue weighted by molar-refractivity contribution is 5.99. The Morgan fingerprint density at radius 1 is 1.13 bits per heavy atom. The average Bonchev–Trinajstić information content (AvgIpc) is 3.45. The van der Waals surface area contributed by atoms with Crippen LogP contribution in [0.3, 0.4) is 0 Å². The molecule has 0 saturated heterocycles. The zero-order chi connectivity index (χ0) is 27.0. The molecule has 38 heavy (non-hydrogen) atoms. The predicted octanol–water partition coefficient (Wildman–Crippen LogP) is 3.71. The second-order valence-corrected chi connectivity index (χ2v) is 9.67. The Bertz CT molecular complexity index is 1560. The van der Waals surface area contributed by atoms with Crippen LogP contribution in [0.2, 0.25) is 0 Å². The molecule has 2 aromatic heterocycles. The van der Waals surface area contributed by atoms with Crippen LogP contribution in [-0.4, -0.2) is 56.5 Å². The molecule has 2 amide bonds. The van der Waals surface area contributed by atoms with Gasteiger partial charge in [0.25, 0.3) is 11.8 Å². The first-order valence-corrected chi connectivity index (χ1v) is 12.3. The number of aromatic amines is 2. The second kappa shape index (κ2) is 9.72. The van der Waals surface area contributed by atoms with E-state index < -0.39 is 0 Å². The maximum atomic E-state index is 14.0. The van der Waals surface area contributed by atoms with Crippen molar-refractivity contribution in [3.05, 3.63) is 88.1 Å². The lowest BCUT2D eigenvalue weighted by Gasteiger charge is -2.30. The van der Waals surface area contributed by atoms with Crippen LogP contribution in [0.25, 0.3) is 10.9 Å². The molecule has 0 spiro atoms. The van der Waals surface area contributed by atoms with Gasteiger partial charge in [0.05, 0.1) is 12.1 Å². The molecule has 1 fully saturated rings. The number of amides is 2. The summed E-state index contributed by atoms with van der Waals surface area (Å²) in [5.74, 6) is -0.620. The molecule has 4 aromatic rings. The van der Waals surface area contributed by atoms with Crippen molar-refractivity contribution in [3.63, 3.8) is 0 Å². The van der Waals surface area contributed by atoms with Crippen molar-refractivity contribution in [1.82, 2.24) is 25.0 Å². The van der Waals surface area contributed by atoms with Gasteiger partial charge in [-0.05, 0) is 49.1 Å². The molecular formula is C28H26FN5O4. The molecule has 1 aliphatic carbocycles. The van der Waals surface area contributed by atoms with E-state index in [2.05, 4.69) is 27.3 Å². The zero-order valence-corrected chi connectivity index (χ0v) is 21.0. The van der Waals surface area contributed by atoms with Crippen LogP contribution < -0.4 is 0 Å². The van der Waals surface area contributed by atoms with Gasteiger partial charge in [-0.15, -0.1) is 0 Å². The molecule has 10 heteroatoms. The molecule has 0 unspecified atom stereocenters. The normalized spacial score (nSPS) is 15.2. The Morgan fingerprint density at radius 3 is 2.53 bits per heavy atom. The van der Waals surface area contributed by atoms with Crippen LogP contribution >= 0.6 is 0 Å². The third kappa shape index (κ3) is 4.18. The molecule has 2 N–H and O–H groups in total. The highest BCUT2D eigenvalue weighted by Crippen LogP contribution is 2.50. The molecule has 194 valence electrons. The summed E-state index contributed by atoms with van der Waals surface area (Å²) in [5, 5.41) is 8.09. The lowest BCUT2D eigenvalue weighted by atomic mass is 10.0. The first-order valence-electron chi connectivity index (χ1n) is 12.3. The first kappa shape index (κ1) is 25.1. The summed E-state index contributed by atoms with van der Waals surface area (Å²) in [7, 11) is 1.83. The highest BCUT2D eigenvalue weighted by Gasteiger charge is 2.50. The maximum Gasteiger partial charge on any atom is 0.373 e. The third-order valence-electron chi connectivity index (χ3n) is 7.64. The summed E-state index contributed by atoms with van der Waals surface area (Å²) < 4.78 is 14.0. The Balaban J connectivity index is 0.000000937. The van der Waals surface area contributed by atoms with Crippen LogP contribution in [0.1, 0.15) is 56.2 Å². The van der Waals surface area contributed by atoms with Gasteiger partial charge in [-0.2, -0.15) is 14.7 Å². The lowest BCUT2D eigenvalue weighted by Crippen LogP contribution is -2.39. The van der Waals surface area contributed by atoms with Gasteiger partial charge in [0.2, 0.25) is 0 Å². The van der Waals surface area contributed by atoms with E-state index >= 15 is 0 Å². The first-order chi connectivity index (χ1) is 18.3. The minimum Gasteiger partial charge on any atom is -0.351 e. The quantitative estimate of drug-likeness (QED) is 0.429. The van der Waals surface area contributed by atoms with Crippen molar-refractivity contribution in [2.75, 3.05) is 13.6 Å². The summed E-state index contributed by atoms with van der Waals surface area (Å²) in [4.78, 5) is 49.8. The molecule has 0 bridgehead atoms. The van der Waals surface area contributed by atoms with E-state index in [9.17, 15) is 14.0 Å². The number of carbonyl (C=O) groups excluding carboxylic acids is 4. The molecule has 3 heterocycles. The van der Waals surface area contributed by atoms with Gasteiger partial charge in [-0.1, -0.05) is 30.3 Å². The minimum absolute atomic E-state index is 0.144. The SMILES string of the molecule is Cc1c(F)ccc2[nH]c(C(=O)N3CCc4[nH]nc(C(=O)N(C)C5(c6ccccc6)CC5)c4C3)cc12.O=C=O. The number of fused-ring (bicyclic) bond motifs is 2. The molecule has 2 aromatic carbocycles. The van der Waals surface area contributed by atoms with Crippen molar-refractivity contribution in [2.24, 2.45) is 0 Å². The van der Waals surface area contributed by atoms with Gasteiger partial charge in [0.15, 0.2) is 5.69 Å². The van der Waals surface area contributed by atoms with E-state index in [1.54, 1.807) is 28.9 Å². The van der Waals surface area contributed by atoms with Crippen molar-refractivity contribution in [2.45, 2.75) is 38.3 Å². The minimum atomic E-state index is -0.300. The fourth-order valence-corrected chi connectivity index (χ4v) is 5.29. The van der Waals surface area contributed by atoms with Crippen molar-refractivity contribution in [3.8, 4) is 0 Å². The van der Waals surface area contributed by atoms with Gasteiger partial charge in [0.1, 0.15) is 11.5 Å². The number of hydrogen-bond donors (Lipinski definition) is 2. The maximum absolute atomic E-state index is 14.0. The molecule has 0 radical (unpaired) electrons.